The maximum atomic E-state index is 4.14. The quantitative estimate of drug-likeness (QED) is 0.858. The van der Waals surface area contributed by atoms with Crippen LogP contribution < -0.4 is 5.32 Å². The summed E-state index contributed by atoms with van der Waals surface area (Å²) in [5.41, 5.74) is 1.14. The van der Waals surface area contributed by atoms with Gasteiger partial charge in [-0.1, -0.05) is 18.2 Å². The summed E-state index contributed by atoms with van der Waals surface area (Å²) in [7, 11) is 0. The average Bonchev–Trinajstić information content (AvgIpc) is 2.79. The standard InChI is InChI=1S/C13H18N4/c1-11(2)17-10-15-16-13(17)8-9-14-12-6-4-3-5-7-12/h3-7,10-11,14H,8-9H2,1-2H3. The van der Waals surface area contributed by atoms with Crippen molar-refractivity contribution < 1.29 is 0 Å². The second kappa shape index (κ2) is 5.48. The number of benzene rings is 1. The second-order valence-electron chi connectivity index (χ2n) is 4.29. The molecule has 0 bridgehead atoms. The summed E-state index contributed by atoms with van der Waals surface area (Å²) in [6.45, 7) is 5.14. The molecule has 0 fully saturated rings. The molecule has 0 spiro atoms. The van der Waals surface area contributed by atoms with Gasteiger partial charge in [-0.25, -0.2) is 0 Å². The molecule has 2 rings (SSSR count). The summed E-state index contributed by atoms with van der Waals surface area (Å²) in [6.07, 6.45) is 2.68. The maximum Gasteiger partial charge on any atom is 0.134 e. The molecule has 0 radical (unpaired) electrons. The number of anilines is 1. The van der Waals surface area contributed by atoms with Gasteiger partial charge in [0.15, 0.2) is 0 Å². The number of nitrogens with one attached hydrogen (secondary N) is 1. The molecular formula is C13H18N4. The van der Waals surface area contributed by atoms with Crippen LogP contribution in [-0.2, 0) is 6.42 Å². The predicted molar refractivity (Wildman–Crippen MR) is 69.0 cm³/mol. The molecule has 0 saturated carbocycles. The lowest BCUT2D eigenvalue weighted by Crippen LogP contribution is -2.11. The maximum absolute atomic E-state index is 4.14. The Balaban J connectivity index is 1.88. The van der Waals surface area contributed by atoms with Gasteiger partial charge in [0.25, 0.3) is 0 Å². The fourth-order valence-electron chi connectivity index (χ4n) is 1.75. The molecule has 0 saturated heterocycles. The molecule has 2 aromatic rings. The first kappa shape index (κ1) is 11.6. The van der Waals surface area contributed by atoms with Crippen molar-refractivity contribution >= 4 is 5.69 Å². The zero-order chi connectivity index (χ0) is 12.1. The minimum absolute atomic E-state index is 0.414. The predicted octanol–water partition coefficient (Wildman–Crippen LogP) is 2.51. The Morgan fingerprint density at radius 2 is 2.00 bits per heavy atom. The molecule has 0 amide bonds. The van der Waals surface area contributed by atoms with Crippen LogP contribution in [0.1, 0.15) is 25.7 Å². The molecule has 0 aliphatic carbocycles. The largest absolute Gasteiger partial charge is 0.385 e. The molecule has 0 atom stereocenters. The third-order valence-electron chi connectivity index (χ3n) is 2.66. The van der Waals surface area contributed by atoms with Gasteiger partial charge in [0.2, 0.25) is 0 Å². The Labute approximate surface area is 102 Å². The highest BCUT2D eigenvalue weighted by molar-refractivity contribution is 5.42. The van der Waals surface area contributed by atoms with Gasteiger partial charge in [0.05, 0.1) is 0 Å². The first-order valence-electron chi connectivity index (χ1n) is 5.94. The molecule has 4 heteroatoms. The minimum atomic E-state index is 0.414. The third-order valence-corrected chi connectivity index (χ3v) is 2.66. The van der Waals surface area contributed by atoms with Crippen molar-refractivity contribution in [3.05, 3.63) is 42.5 Å². The van der Waals surface area contributed by atoms with Gasteiger partial charge < -0.3 is 9.88 Å². The fraction of sp³-hybridized carbons (Fsp3) is 0.385. The topological polar surface area (TPSA) is 42.7 Å². The van der Waals surface area contributed by atoms with Gasteiger partial charge in [-0.15, -0.1) is 10.2 Å². The van der Waals surface area contributed by atoms with E-state index >= 15 is 0 Å². The van der Waals surface area contributed by atoms with E-state index in [1.165, 1.54) is 0 Å². The van der Waals surface area contributed by atoms with Crippen molar-refractivity contribution in [1.29, 1.82) is 0 Å². The number of hydrogen-bond donors (Lipinski definition) is 1. The van der Waals surface area contributed by atoms with E-state index in [0.717, 1.165) is 24.5 Å². The van der Waals surface area contributed by atoms with Crippen molar-refractivity contribution in [3.63, 3.8) is 0 Å². The van der Waals surface area contributed by atoms with Gasteiger partial charge >= 0.3 is 0 Å². The highest BCUT2D eigenvalue weighted by Crippen LogP contribution is 2.08. The summed E-state index contributed by atoms with van der Waals surface area (Å²) in [4.78, 5) is 0. The first-order valence-corrected chi connectivity index (χ1v) is 5.94. The Morgan fingerprint density at radius 3 is 2.71 bits per heavy atom. The summed E-state index contributed by atoms with van der Waals surface area (Å²) in [5, 5.41) is 11.5. The van der Waals surface area contributed by atoms with Crippen LogP contribution in [0.15, 0.2) is 36.7 Å². The highest BCUT2D eigenvalue weighted by atomic mass is 15.3. The lowest BCUT2D eigenvalue weighted by Gasteiger charge is -2.10. The van der Waals surface area contributed by atoms with Crippen LogP contribution in [0.4, 0.5) is 5.69 Å². The Morgan fingerprint density at radius 1 is 1.24 bits per heavy atom. The highest BCUT2D eigenvalue weighted by Gasteiger charge is 2.06. The third kappa shape index (κ3) is 3.06. The van der Waals surface area contributed by atoms with Crippen LogP contribution in [0.3, 0.4) is 0 Å². The summed E-state index contributed by atoms with van der Waals surface area (Å²) < 4.78 is 2.10. The van der Waals surface area contributed by atoms with Gasteiger partial charge in [-0.05, 0) is 26.0 Å². The zero-order valence-electron chi connectivity index (χ0n) is 10.3. The fourth-order valence-corrected chi connectivity index (χ4v) is 1.75. The van der Waals surface area contributed by atoms with Gasteiger partial charge in [-0.2, -0.15) is 0 Å². The molecule has 1 aromatic heterocycles. The van der Waals surface area contributed by atoms with E-state index in [0.29, 0.717) is 6.04 Å². The average molecular weight is 230 g/mol. The van der Waals surface area contributed by atoms with Crippen molar-refractivity contribution in [2.75, 3.05) is 11.9 Å². The van der Waals surface area contributed by atoms with Crippen molar-refractivity contribution in [3.8, 4) is 0 Å². The van der Waals surface area contributed by atoms with E-state index in [4.69, 9.17) is 0 Å². The zero-order valence-corrected chi connectivity index (χ0v) is 10.3. The number of aromatic nitrogens is 3. The summed E-state index contributed by atoms with van der Waals surface area (Å²) in [5.74, 6) is 1.03. The Kier molecular flexibility index (Phi) is 3.75. The SMILES string of the molecule is CC(C)n1cnnc1CCNc1ccccc1. The first-order chi connectivity index (χ1) is 8.27. The van der Waals surface area contributed by atoms with E-state index in [1.54, 1.807) is 6.33 Å². The molecular weight excluding hydrogens is 212 g/mol. The molecule has 0 unspecified atom stereocenters. The van der Waals surface area contributed by atoms with Crippen LogP contribution in [0, 0.1) is 0 Å². The monoisotopic (exact) mass is 230 g/mol. The van der Waals surface area contributed by atoms with E-state index < -0.39 is 0 Å². The van der Waals surface area contributed by atoms with E-state index in [2.05, 4.69) is 46.1 Å². The van der Waals surface area contributed by atoms with Gasteiger partial charge in [0.1, 0.15) is 12.2 Å². The summed E-state index contributed by atoms with van der Waals surface area (Å²) in [6, 6.07) is 10.6. The molecule has 1 N–H and O–H groups in total. The van der Waals surface area contributed by atoms with Crippen molar-refractivity contribution in [2.45, 2.75) is 26.3 Å². The number of nitrogens with zero attached hydrogens (tertiary/aromatic N) is 3. The van der Waals surface area contributed by atoms with Crippen LogP contribution in [0.2, 0.25) is 0 Å². The summed E-state index contributed by atoms with van der Waals surface area (Å²) >= 11 is 0. The van der Waals surface area contributed by atoms with Crippen molar-refractivity contribution in [2.24, 2.45) is 0 Å². The number of rotatable bonds is 5. The van der Waals surface area contributed by atoms with E-state index in [1.807, 2.05) is 18.2 Å². The lowest BCUT2D eigenvalue weighted by atomic mass is 10.3. The molecule has 0 aliphatic rings. The Hall–Kier alpha value is -1.84. The number of hydrogen-bond acceptors (Lipinski definition) is 3. The van der Waals surface area contributed by atoms with Gasteiger partial charge in [0, 0.05) is 24.7 Å². The second-order valence-corrected chi connectivity index (χ2v) is 4.29. The lowest BCUT2D eigenvalue weighted by molar-refractivity contribution is 0.568. The van der Waals surface area contributed by atoms with Gasteiger partial charge in [-0.3, -0.25) is 0 Å². The smallest absolute Gasteiger partial charge is 0.134 e. The normalized spacial score (nSPS) is 10.8. The molecule has 17 heavy (non-hydrogen) atoms. The van der Waals surface area contributed by atoms with Crippen molar-refractivity contribution in [1.82, 2.24) is 14.8 Å². The minimum Gasteiger partial charge on any atom is -0.385 e. The van der Waals surface area contributed by atoms with E-state index in [-0.39, 0.29) is 0 Å². The Bertz CT molecular complexity index is 447. The van der Waals surface area contributed by atoms with Crippen LogP contribution >= 0.6 is 0 Å². The molecule has 1 aromatic carbocycles. The molecule has 4 nitrogen and oxygen atoms in total. The molecule has 0 aliphatic heterocycles. The molecule has 90 valence electrons. The van der Waals surface area contributed by atoms with Crippen LogP contribution in [0.25, 0.3) is 0 Å². The van der Waals surface area contributed by atoms with E-state index in [9.17, 15) is 0 Å². The van der Waals surface area contributed by atoms with Crippen LogP contribution in [-0.4, -0.2) is 21.3 Å². The molecule has 1 heterocycles. The number of para-hydroxylation sites is 1. The van der Waals surface area contributed by atoms with Crippen LogP contribution in [0.5, 0.6) is 0 Å².